The van der Waals surface area contributed by atoms with Crippen LogP contribution in [0.2, 0.25) is 0 Å². The highest BCUT2D eigenvalue weighted by Gasteiger charge is 2.24. The van der Waals surface area contributed by atoms with Crippen molar-refractivity contribution in [3.05, 3.63) is 96.1 Å². The van der Waals surface area contributed by atoms with E-state index in [-0.39, 0.29) is 5.25 Å². The largest absolute Gasteiger partial charge is 0.507 e. The minimum atomic E-state index is 0.161. The average molecular weight is 412 g/mol. The van der Waals surface area contributed by atoms with Crippen LogP contribution in [-0.4, -0.2) is 17.9 Å². The molecule has 0 radical (unpaired) electrons. The maximum absolute atomic E-state index is 11.1. The van der Waals surface area contributed by atoms with Gasteiger partial charge in [0.25, 0.3) is 0 Å². The van der Waals surface area contributed by atoms with Crippen molar-refractivity contribution in [2.75, 3.05) is 7.11 Å². The Hall–Kier alpha value is -3.24. The Bertz CT molecular complexity index is 1260. The zero-order valence-corrected chi connectivity index (χ0v) is 17.4. The fourth-order valence-electron chi connectivity index (χ4n) is 3.90. The molecule has 1 aliphatic heterocycles. The molecule has 1 heterocycles. The van der Waals surface area contributed by atoms with E-state index < -0.39 is 0 Å². The lowest BCUT2D eigenvalue weighted by molar-refractivity contribution is 0.414. The van der Waals surface area contributed by atoms with Crippen LogP contribution in [0.15, 0.2) is 94.8 Å². The number of phenols is 1. The smallest absolute Gasteiger partial charge is 0.132 e. The molecule has 3 nitrogen and oxygen atoms in total. The van der Waals surface area contributed by atoms with Gasteiger partial charge < -0.3 is 9.84 Å². The molecule has 0 aliphatic carbocycles. The van der Waals surface area contributed by atoms with Gasteiger partial charge in [-0.1, -0.05) is 54.6 Å². The van der Waals surface area contributed by atoms with Crippen LogP contribution >= 0.6 is 11.8 Å². The number of rotatable bonds is 3. The maximum atomic E-state index is 11.1. The van der Waals surface area contributed by atoms with Gasteiger partial charge in [-0.25, -0.2) is 0 Å². The van der Waals surface area contributed by atoms with Crippen molar-refractivity contribution in [1.82, 2.24) is 0 Å². The molecule has 148 valence electrons. The van der Waals surface area contributed by atoms with E-state index in [4.69, 9.17) is 9.73 Å². The first-order valence-electron chi connectivity index (χ1n) is 9.91. The Morgan fingerprint density at radius 2 is 1.77 bits per heavy atom. The second-order valence-corrected chi connectivity index (χ2v) is 8.54. The molecule has 4 aromatic rings. The summed E-state index contributed by atoms with van der Waals surface area (Å²) in [4.78, 5) is 6.14. The standard InChI is InChI=1S/C26H21NO2S/c1-29-19-9-6-8-18(15-19)25-16-23(27-22-11-4-5-12-24(22)30-25)21-14-13-17-7-2-3-10-20(17)26(21)28/h2-15,25,28H,16H2,1H3. The molecule has 1 unspecified atom stereocenters. The van der Waals surface area contributed by atoms with Crippen molar-refractivity contribution in [2.24, 2.45) is 4.99 Å². The lowest BCUT2D eigenvalue weighted by Gasteiger charge is -2.17. The molecule has 4 heteroatoms. The molecule has 0 spiro atoms. The van der Waals surface area contributed by atoms with Crippen molar-refractivity contribution < 1.29 is 9.84 Å². The first-order valence-corrected chi connectivity index (χ1v) is 10.8. The van der Waals surface area contributed by atoms with E-state index in [0.29, 0.717) is 12.2 Å². The number of thioether (sulfide) groups is 1. The van der Waals surface area contributed by atoms with E-state index in [9.17, 15) is 5.11 Å². The van der Waals surface area contributed by atoms with E-state index in [1.165, 1.54) is 5.56 Å². The van der Waals surface area contributed by atoms with E-state index >= 15 is 0 Å². The molecule has 1 atom stereocenters. The molecule has 0 aromatic heterocycles. The third kappa shape index (κ3) is 3.44. The second kappa shape index (κ2) is 7.88. The van der Waals surface area contributed by atoms with Gasteiger partial charge in [0.15, 0.2) is 0 Å². The summed E-state index contributed by atoms with van der Waals surface area (Å²) in [5, 5.41) is 13.1. The summed E-state index contributed by atoms with van der Waals surface area (Å²) in [5.74, 6) is 1.14. The molecule has 1 N–H and O–H groups in total. The minimum absolute atomic E-state index is 0.161. The average Bonchev–Trinajstić information content (AvgIpc) is 2.99. The number of hydrogen-bond donors (Lipinski definition) is 1. The Labute approximate surface area is 180 Å². The van der Waals surface area contributed by atoms with E-state index in [0.717, 1.165) is 38.4 Å². The number of ether oxygens (including phenoxy) is 1. The highest BCUT2D eigenvalue weighted by Crippen LogP contribution is 2.46. The quantitative estimate of drug-likeness (QED) is 0.398. The summed E-state index contributed by atoms with van der Waals surface area (Å²) < 4.78 is 5.45. The number of methoxy groups -OCH3 is 1. The summed E-state index contributed by atoms with van der Waals surface area (Å²) >= 11 is 1.81. The van der Waals surface area contributed by atoms with Crippen molar-refractivity contribution in [3.63, 3.8) is 0 Å². The predicted octanol–water partition coefficient (Wildman–Crippen LogP) is 6.91. The van der Waals surface area contributed by atoms with Gasteiger partial charge in [-0.3, -0.25) is 4.99 Å². The van der Waals surface area contributed by atoms with Crippen LogP contribution in [0.3, 0.4) is 0 Å². The van der Waals surface area contributed by atoms with Crippen molar-refractivity contribution in [2.45, 2.75) is 16.6 Å². The topological polar surface area (TPSA) is 41.8 Å². The van der Waals surface area contributed by atoms with Crippen LogP contribution in [0, 0.1) is 0 Å². The SMILES string of the molecule is COc1cccc(C2CC(c3ccc4ccccc4c3O)=Nc3ccccc3S2)c1. The van der Waals surface area contributed by atoms with Gasteiger partial charge >= 0.3 is 0 Å². The van der Waals surface area contributed by atoms with Gasteiger partial charge in [0, 0.05) is 27.5 Å². The van der Waals surface area contributed by atoms with Gasteiger partial charge in [-0.2, -0.15) is 0 Å². The number of hydrogen-bond acceptors (Lipinski definition) is 4. The first kappa shape index (κ1) is 18.8. The van der Waals surface area contributed by atoms with Crippen LogP contribution in [0.25, 0.3) is 10.8 Å². The summed E-state index contributed by atoms with van der Waals surface area (Å²) in [5.41, 5.74) is 3.81. The van der Waals surface area contributed by atoms with Crippen molar-refractivity contribution >= 4 is 33.9 Å². The summed E-state index contributed by atoms with van der Waals surface area (Å²) in [6.45, 7) is 0. The van der Waals surface area contributed by atoms with Crippen LogP contribution in [0.1, 0.15) is 22.8 Å². The Morgan fingerprint density at radius 1 is 0.933 bits per heavy atom. The highest BCUT2D eigenvalue weighted by molar-refractivity contribution is 7.99. The van der Waals surface area contributed by atoms with Crippen LogP contribution in [0.5, 0.6) is 11.5 Å². The Morgan fingerprint density at radius 3 is 2.67 bits per heavy atom. The fourth-order valence-corrected chi connectivity index (χ4v) is 5.12. The summed E-state index contributed by atoms with van der Waals surface area (Å²) in [6.07, 6.45) is 0.707. The van der Waals surface area contributed by atoms with Gasteiger partial charge in [-0.15, -0.1) is 11.8 Å². The lowest BCUT2D eigenvalue weighted by atomic mass is 9.97. The molecular formula is C26H21NO2S. The molecule has 4 aromatic carbocycles. The van der Waals surface area contributed by atoms with Crippen LogP contribution in [0.4, 0.5) is 5.69 Å². The summed E-state index contributed by atoms with van der Waals surface area (Å²) in [7, 11) is 1.69. The van der Waals surface area contributed by atoms with Crippen LogP contribution in [-0.2, 0) is 0 Å². The monoisotopic (exact) mass is 411 g/mol. The number of phenolic OH excluding ortho intramolecular Hbond substituents is 1. The molecule has 0 saturated heterocycles. The minimum Gasteiger partial charge on any atom is -0.507 e. The third-order valence-electron chi connectivity index (χ3n) is 5.45. The molecule has 0 amide bonds. The third-order valence-corrected chi connectivity index (χ3v) is 6.77. The van der Waals surface area contributed by atoms with E-state index in [1.807, 2.05) is 60.7 Å². The molecule has 1 aliphatic rings. The number of para-hydroxylation sites is 1. The Balaban J connectivity index is 1.65. The van der Waals surface area contributed by atoms with Gasteiger partial charge in [0.05, 0.1) is 18.5 Å². The number of fused-ring (bicyclic) bond motifs is 2. The molecule has 30 heavy (non-hydrogen) atoms. The molecule has 0 fully saturated rings. The normalized spacial score (nSPS) is 15.9. The number of nitrogens with zero attached hydrogens (tertiary/aromatic N) is 1. The summed E-state index contributed by atoms with van der Waals surface area (Å²) in [6, 6.07) is 28.3. The highest BCUT2D eigenvalue weighted by atomic mass is 32.2. The van der Waals surface area contributed by atoms with E-state index in [2.05, 4.69) is 24.3 Å². The molecular weight excluding hydrogens is 390 g/mol. The van der Waals surface area contributed by atoms with E-state index in [1.54, 1.807) is 18.9 Å². The number of benzene rings is 4. The maximum Gasteiger partial charge on any atom is 0.132 e. The number of aliphatic imine (C=N–C) groups is 1. The van der Waals surface area contributed by atoms with Crippen molar-refractivity contribution in [1.29, 1.82) is 0 Å². The molecule has 0 saturated carbocycles. The fraction of sp³-hybridized carbons (Fsp3) is 0.115. The Kier molecular flexibility index (Phi) is 4.93. The van der Waals surface area contributed by atoms with Crippen LogP contribution < -0.4 is 4.74 Å². The second-order valence-electron chi connectivity index (χ2n) is 7.30. The predicted molar refractivity (Wildman–Crippen MR) is 124 cm³/mol. The zero-order valence-electron chi connectivity index (χ0n) is 16.6. The molecule has 0 bridgehead atoms. The van der Waals surface area contributed by atoms with Gasteiger partial charge in [0.2, 0.25) is 0 Å². The number of aromatic hydroxyl groups is 1. The van der Waals surface area contributed by atoms with Crippen molar-refractivity contribution in [3.8, 4) is 11.5 Å². The lowest BCUT2D eigenvalue weighted by Crippen LogP contribution is -2.06. The zero-order chi connectivity index (χ0) is 20.5. The van der Waals surface area contributed by atoms with Gasteiger partial charge in [-0.05, 0) is 41.3 Å². The molecule has 5 rings (SSSR count). The van der Waals surface area contributed by atoms with Gasteiger partial charge in [0.1, 0.15) is 11.5 Å². The first-order chi connectivity index (χ1) is 14.7.